The monoisotopic (exact) mass is 517 g/mol. The molecule has 0 radical (unpaired) electrons. The largest absolute Gasteiger partial charge is 0.493 e. The van der Waals surface area contributed by atoms with Crippen LogP contribution >= 0.6 is 11.6 Å². The summed E-state index contributed by atoms with van der Waals surface area (Å²) < 4.78 is 16.1. The van der Waals surface area contributed by atoms with Gasteiger partial charge in [-0.1, -0.05) is 23.7 Å². The third kappa shape index (κ3) is 7.95. The Morgan fingerprint density at radius 3 is 2.19 bits per heavy atom. The molecule has 190 valence electrons. The zero-order valence-corrected chi connectivity index (χ0v) is 21.5. The highest BCUT2D eigenvalue weighted by atomic mass is 35.5. The summed E-state index contributed by atoms with van der Waals surface area (Å²) in [5.41, 5.74) is 4.62. The second kappa shape index (κ2) is 12.7. The molecular weight excluding hydrogens is 490 g/mol. The van der Waals surface area contributed by atoms with Crippen LogP contribution in [0.3, 0.4) is 0 Å². The van der Waals surface area contributed by atoms with Crippen molar-refractivity contribution in [1.29, 1.82) is 0 Å². The summed E-state index contributed by atoms with van der Waals surface area (Å²) in [4.78, 5) is 20.4. The number of anilines is 2. The van der Waals surface area contributed by atoms with Crippen molar-refractivity contribution >= 4 is 29.2 Å². The number of halogens is 1. The Hall–Kier alpha value is -4.10. The first kappa shape index (κ1) is 26.0. The molecular formula is C29H28ClN3O4. The molecule has 4 aromatic rings. The summed E-state index contributed by atoms with van der Waals surface area (Å²) in [6.45, 7) is 2.77. The molecule has 8 heteroatoms. The molecule has 1 aromatic heterocycles. The molecule has 3 aromatic carbocycles. The second-order valence-corrected chi connectivity index (χ2v) is 8.73. The number of methoxy groups -OCH3 is 1. The molecule has 0 aliphatic rings. The third-order valence-electron chi connectivity index (χ3n) is 5.49. The van der Waals surface area contributed by atoms with E-state index in [9.17, 15) is 4.79 Å². The van der Waals surface area contributed by atoms with Crippen molar-refractivity contribution in [2.45, 2.75) is 19.8 Å². The Bertz CT molecular complexity index is 1310. The maximum atomic E-state index is 11.2. The average Bonchev–Trinajstić information content (AvgIpc) is 2.91. The molecule has 0 atom stereocenters. The first-order valence-corrected chi connectivity index (χ1v) is 12.3. The molecule has 0 spiro atoms. The van der Waals surface area contributed by atoms with Gasteiger partial charge in [0.25, 0.3) is 0 Å². The maximum Gasteiger partial charge on any atom is 0.308 e. The molecule has 37 heavy (non-hydrogen) atoms. The van der Waals surface area contributed by atoms with E-state index in [1.165, 1.54) is 12.7 Å². The first-order valence-electron chi connectivity index (χ1n) is 11.9. The van der Waals surface area contributed by atoms with Crippen molar-refractivity contribution in [3.63, 3.8) is 0 Å². The predicted octanol–water partition coefficient (Wildman–Crippen LogP) is 6.41. The molecule has 0 aliphatic heterocycles. The number of hydrogen-bond acceptors (Lipinski definition) is 7. The van der Waals surface area contributed by atoms with E-state index >= 15 is 0 Å². The molecule has 1 heterocycles. The molecule has 0 bridgehead atoms. The predicted molar refractivity (Wildman–Crippen MR) is 145 cm³/mol. The van der Waals surface area contributed by atoms with Gasteiger partial charge in [0.05, 0.1) is 32.4 Å². The number of rotatable bonds is 11. The van der Waals surface area contributed by atoms with Gasteiger partial charge < -0.3 is 19.5 Å². The summed E-state index contributed by atoms with van der Waals surface area (Å²) in [5, 5.41) is 3.97. The quantitative estimate of drug-likeness (QED) is 0.230. The molecule has 0 saturated heterocycles. The summed E-state index contributed by atoms with van der Waals surface area (Å²) >= 11 is 5.94. The van der Waals surface area contributed by atoms with Crippen molar-refractivity contribution in [2.75, 3.05) is 25.6 Å². The molecule has 0 aliphatic carbocycles. The Morgan fingerprint density at radius 1 is 0.865 bits per heavy atom. The van der Waals surface area contributed by atoms with Gasteiger partial charge in [-0.25, -0.2) is 9.97 Å². The minimum Gasteiger partial charge on any atom is -0.493 e. The lowest BCUT2D eigenvalue weighted by Crippen LogP contribution is -2.07. The standard InChI is InChI=1S/C29H28ClN3O4/c1-20-19-27(22-5-11-25(12-6-22)36-17-15-21-3-7-23(30)8-4-21)33-29(31-20)32-24-9-13-26(14-10-24)37-18-16-28(34)35-2/h3-14,19H,15-18H2,1-2H3,(H,31,32,33). The summed E-state index contributed by atoms with van der Waals surface area (Å²) in [6, 6.07) is 25.0. The molecule has 7 nitrogen and oxygen atoms in total. The van der Waals surface area contributed by atoms with Crippen LogP contribution < -0.4 is 14.8 Å². The van der Waals surface area contributed by atoms with Crippen LogP contribution in [0.15, 0.2) is 78.9 Å². The molecule has 0 unspecified atom stereocenters. The lowest BCUT2D eigenvalue weighted by atomic mass is 10.1. The Kier molecular flexibility index (Phi) is 8.94. The van der Waals surface area contributed by atoms with Crippen molar-refractivity contribution in [3.05, 3.63) is 95.1 Å². The minimum atomic E-state index is -0.304. The van der Waals surface area contributed by atoms with Crippen molar-refractivity contribution in [1.82, 2.24) is 9.97 Å². The number of benzene rings is 3. The molecule has 4 rings (SSSR count). The Balaban J connectivity index is 1.34. The van der Waals surface area contributed by atoms with Crippen LogP contribution in [0.1, 0.15) is 17.7 Å². The van der Waals surface area contributed by atoms with Crippen LogP contribution in [-0.2, 0) is 16.0 Å². The van der Waals surface area contributed by atoms with Gasteiger partial charge in [-0.2, -0.15) is 0 Å². The van der Waals surface area contributed by atoms with Gasteiger partial charge in [0.1, 0.15) is 11.5 Å². The van der Waals surface area contributed by atoms with E-state index in [0.29, 0.717) is 18.3 Å². The van der Waals surface area contributed by atoms with Crippen molar-refractivity contribution < 1.29 is 19.0 Å². The van der Waals surface area contributed by atoms with Crippen LogP contribution in [0, 0.1) is 6.92 Å². The zero-order valence-electron chi connectivity index (χ0n) is 20.7. The SMILES string of the molecule is COC(=O)CCOc1ccc(Nc2nc(C)cc(-c3ccc(OCCc4ccc(Cl)cc4)cc3)n2)cc1. The summed E-state index contributed by atoms with van der Waals surface area (Å²) in [5.74, 6) is 1.66. The van der Waals surface area contributed by atoms with Gasteiger partial charge in [0, 0.05) is 28.4 Å². The van der Waals surface area contributed by atoms with Gasteiger partial charge >= 0.3 is 5.97 Å². The van der Waals surface area contributed by atoms with E-state index in [2.05, 4.69) is 20.0 Å². The Labute approximate surface area is 221 Å². The smallest absolute Gasteiger partial charge is 0.308 e. The summed E-state index contributed by atoms with van der Waals surface area (Å²) in [7, 11) is 1.36. The lowest BCUT2D eigenvalue weighted by molar-refractivity contribution is -0.141. The van der Waals surface area contributed by atoms with Crippen LogP contribution in [-0.4, -0.2) is 36.3 Å². The van der Waals surface area contributed by atoms with Gasteiger partial charge in [0.15, 0.2) is 0 Å². The number of carbonyl (C=O) groups excluding carboxylic acids is 1. The number of nitrogens with one attached hydrogen (secondary N) is 1. The number of aromatic nitrogens is 2. The Morgan fingerprint density at radius 2 is 1.51 bits per heavy atom. The highest BCUT2D eigenvalue weighted by molar-refractivity contribution is 6.30. The average molecular weight is 518 g/mol. The van der Waals surface area contributed by atoms with Gasteiger partial charge in [-0.3, -0.25) is 4.79 Å². The second-order valence-electron chi connectivity index (χ2n) is 8.29. The molecule has 1 N–H and O–H groups in total. The van der Waals surface area contributed by atoms with E-state index in [1.807, 2.05) is 85.8 Å². The fraction of sp³-hybridized carbons (Fsp3) is 0.207. The number of aryl methyl sites for hydroxylation is 1. The van der Waals surface area contributed by atoms with E-state index in [1.54, 1.807) is 0 Å². The van der Waals surface area contributed by atoms with Crippen LogP contribution in [0.4, 0.5) is 11.6 Å². The van der Waals surface area contributed by atoms with E-state index in [4.69, 9.17) is 21.1 Å². The molecule has 0 amide bonds. The maximum absolute atomic E-state index is 11.2. The molecule has 0 fully saturated rings. The fourth-order valence-corrected chi connectivity index (χ4v) is 3.68. The van der Waals surface area contributed by atoms with E-state index in [-0.39, 0.29) is 19.0 Å². The number of hydrogen-bond donors (Lipinski definition) is 1. The lowest BCUT2D eigenvalue weighted by Gasteiger charge is -2.11. The van der Waals surface area contributed by atoms with Crippen LogP contribution in [0.25, 0.3) is 11.3 Å². The van der Waals surface area contributed by atoms with Crippen molar-refractivity contribution in [3.8, 4) is 22.8 Å². The molecule has 0 saturated carbocycles. The minimum absolute atomic E-state index is 0.201. The third-order valence-corrected chi connectivity index (χ3v) is 5.74. The number of ether oxygens (including phenoxy) is 3. The van der Waals surface area contributed by atoms with E-state index in [0.717, 1.165) is 39.8 Å². The topological polar surface area (TPSA) is 82.6 Å². The van der Waals surface area contributed by atoms with E-state index < -0.39 is 0 Å². The highest BCUT2D eigenvalue weighted by Gasteiger charge is 2.07. The summed E-state index contributed by atoms with van der Waals surface area (Å²) in [6.07, 6.45) is 1.01. The van der Waals surface area contributed by atoms with Gasteiger partial charge in [-0.05, 0) is 79.2 Å². The number of carbonyl (C=O) groups is 1. The highest BCUT2D eigenvalue weighted by Crippen LogP contribution is 2.24. The first-order chi connectivity index (χ1) is 18.0. The fourth-order valence-electron chi connectivity index (χ4n) is 3.55. The normalized spacial score (nSPS) is 10.6. The zero-order chi connectivity index (χ0) is 26.0. The number of esters is 1. The van der Waals surface area contributed by atoms with Gasteiger partial charge in [-0.15, -0.1) is 0 Å². The van der Waals surface area contributed by atoms with Crippen molar-refractivity contribution in [2.24, 2.45) is 0 Å². The number of nitrogens with zero attached hydrogens (tertiary/aromatic N) is 2. The van der Waals surface area contributed by atoms with Crippen LogP contribution in [0.2, 0.25) is 5.02 Å². The van der Waals surface area contributed by atoms with Gasteiger partial charge in [0.2, 0.25) is 5.95 Å². The van der Waals surface area contributed by atoms with Crippen LogP contribution in [0.5, 0.6) is 11.5 Å².